The van der Waals surface area contributed by atoms with Gasteiger partial charge in [0.25, 0.3) is 0 Å². The number of carbonyl (C=O) groups is 1. The number of hydrogen-bond donors (Lipinski definition) is 1. The molecule has 0 saturated heterocycles. The quantitative estimate of drug-likeness (QED) is 0.851. The molecule has 3 rings (SSSR count). The molecule has 5 nitrogen and oxygen atoms in total. The molecule has 2 aromatic rings. The highest BCUT2D eigenvalue weighted by molar-refractivity contribution is 5.92. The summed E-state index contributed by atoms with van der Waals surface area (Å²) in [5.74, 6) is 1.35. The van der Waals surface area contributed by atoms with Gasteiger partial charge >= 0.3 is 0 Å². The summed E-state index contributed by atoms with van der Waals surface area (Å²) in [7, 11) is 0. The molecule has 1 fully saturated rings. The highest BCUT2D eigenvalue weighted by Gasteiger charge is 2.19. The maximum Gasteiger partial charge on any atom is 0.224 e. The lowest BCUT2D eigenvalue weighted by Crippen LogP contribution is -2.16. The van der Waals surface area contributed by atoms with Gasteiger partial charge in [-0.15, -0.1) is 0 Å². The number of amides is 1. The van der Waals surface area contributed by atoms with Crippen molar-refractivity contribution in [1.29, 1.82) is 0 Å². The Hall–Kier alpha value is -2.30. The van der Waals surface area contributed by atoms with Gasteiger partial charge in [0.15, 0.2) is 0 Å². The van der Waals surface area contributed by atoms with E-state index in [0.717, 1.165) is 12.2 Å². The Balaban J connectivity index is 1.53. The first-order chi connectivity index (χ1) is 11.3. The van der Waals surface area contributed by atoms with Gasteiger partial charge in [-0.05, 0) is 30.9 Å². The molecule has 1 saturated carbocycles. The minimum absolute atomic E-state index is 0.0857. The molecule has 0 radical (unpaired) electrons. The number of nitrogens with zero attached hydrogens (tertiary/aromatic N) is 2. The first-order valence-corrected chi connectivity index (χ1v) is 8.28. The second-order valence-corrected chi connectivity index (χ2v) is 6.05. The molecule has 1 amide bonds. The van der Waals surface area contributed by atoms with Crippen LogP contribution < -0.4 is 10.1 Å². The average Bonchev–Trinajstić information content (AvgIpc) is 3.22. The van der Waals surface area contributed by atoms with Crippen LogP contribution in [0.25, 0.3) is 0 Å². The second kappa shape index (κ2) is 7.81. The molecule has 1 aliphatic carbocycles. The van der Waals surface area contributed by atoms with Crippen LogP contribution in [0, 0.1) is 5.92 Å². The van der Waals surface area contributed by atoms with Crippen molar-refractivity contribution >= 4 is 11.6 Å². The maximum atomic E-state index is 12.2. The average molecular weight is 313 g/mol. The van der Waals surface area contributed by atoms with E-state index >= 15 is 0 Å². The smallest absolute Gasteiger partial charge is 0.224 e. The number of ether oxygens (including phenoxy) is 1. The molecule has 1 aliphatic rings. The normalized spacial score (nSPS) is 14.8. The van der Waals surface area contributed by atoms with Crippen LogP contribution in [0.1, 0.15) is 32.1 Å². The summed E-state index contributed by atoms with van der Waals surface area (Å²) in [5.41, 5.74) is 0.751. The summed E-state index contributed by atoms with van der Waals surface area (Å²) in [6.45, 7) is 1.26. The van der Waals surface area contributed by atoms with Gasteiger partial charge in [-0.3, -0.25) is 4.79 Å². The number of benzene rings is 1. The fraction of sp³-hybridized carbons (Fsp3) is 0.444. The van der Waals surface area contributed by atoms with Crippen molar-refractivity contribution < 1.29 is 9.53 Å². The molecule has 5 heteroatoms. The minimum Gasteiger partial charge on any atom is -0.490 e. The predicted octanol–water partition coefficient (Wildman–Crippen LogP) is 3.48. The number of nitrogens with one attached hydrogen (secondary N) is 1. The van der Waals surface area contributed by atoms with Gasteiger partial charge < -0.3 is 14.6 Å². The fourth-order valence-electron chi connectivity index (χ4n) is 3.05. The topological polar surface area (TPSA) is 56.1 Å². The first kappa shape index (κ1) is 15.6. The molecular formula is C18H23N3O2. The summed E-state index contributed by atoms with van der Waals surface area (Å²) < 4.78 is 7.78. The number of carbonyl (C=O) groups excluding carboxylic acids is 1. The molecule has 23 heavy (non-hydrogen) atoms. The van der Waals surface area contributed by atoms with Gasteiger partial charge in [-0.25, -0.2) is 4.98 Å². The first-order valence-electron chi connectivity index (χ1n) is 8.28. The van der Waals surface area contributed by atoms with E-state index in [9.17, 15) is 4.79 Å². The fourth-order valence-corrected chi connectivity index (χ4v) is 3.05. The molecule has 0 atom stereocenters. The Morgan fingerprint density at radius 1 is 1.30 bits per heavy atom. The van der Waals surface area contributed by atoms with Crippen LogP contribution in [-0.4, -0.2) is 22.1 Å². The van der Waals surface area contributed by atoms with Gasteiger partial charge in [0.1, 0.15) is 12.4 Å². The van der Waals surface area contributed by atoms with Crippen molar-refractivity contribution in [3.05, 3.63) is 43.0 Å². The maximum absolute atomic E-state index is 12.2. The van der Waals surface area contributed by atoms with Gasteiger partial charge in [-0.2, -0.15) is 0 Å². The van der Waals surface area contributed by atoms with E-state index in [1.165, 1.54) is 25.7 Å². The lowest BCUT2D eigenvalue weighted by atomic mass is 10.0. The van der Waals surface area contributed by atoms with Crippen LogP contribution in [-0.2, 0) is 11.3 Å². The largest absolute Gasteiger partial charge is 0.490 e. The van der Waals surface area contributed by atoms with Gasteiger partial charge in [-0.1, -0.05) is 25.0 Å². The Kier molecular flexibility index (Phi) is 5.29. The van der Waals surface area contributed by atoms with Crippen molar-refractivity contribution in [3.8, 4) is 5.75 Å². The van der Waals surface area contributed by atoms with Crippen LogP contribution in [0.4, 0.5) is 5.69 Å². The standard InChI is InChI=1S/C18H23N3O2/c22-18(13-15-5-1-2-6-15)20-16-7-3-4-8-17(16)23-12-11-21-10-9-19-14-21/h3-4,7-10,14-15H,1-2,5-6,11-13H2,(H,20,22). The Morgan fingerprint density at radius 2 is 2.13 bits per heavy atom. The lowest BCUT2D eigenvalue weighted by molar-refractivity contribution is -0.117. The highest BCUT2D eigenvalue weighted by atomic mass is 16.5. The van der Waals surface area contributed by atoms with Gasteiger partial charge in [0.05, 0.1) is 18.6 Å². The number of anilines is 1. The number of aromatic nitrogens is 2. The number of imidazole rings is 1. The highest BCUT2D eigenvalue weighted by Crippen LogP contribution is 2.29. The molecule has 1 heterocycles. The summed E-state index contributed by atoms with van der Waals surface area (Å²) in [6.07, 6.45) is 10.9. The summed E-state index contributed by atoms with van der Waals surface area (Å²) in [6, 6.07) is 7.60. The van der Waals surface area contributed by atoms with Crippen molar-refractivity contribution in [2.24, 2.45) is 5.92 Å². The van der Waals surface area contributed by atoms with E-state index in [-0.39, 0.29) is 5.91 Å². The molecule has 0 aliphatic heterocycles. The number of hydrogen-bond acceptors (Lipinski definition) is 3. The van der Waals surface area contributed by atoms with Crippen molar-refractivity contribution in [2.45, 2.75) is 38.6 Å². The molecule has 1 N–H and O–H groups in total. The lowest BCUT2D eigenvalue weighted by Gasteiger charge is -2.14. The Bertz CT molecular complexity index is 619. The Labute approximate surface area is 136 Å². The summed E-state index contributed by atoms with van der Waals surface area (Å²) in [5, 5.41) is 3.00. The van der Waals surface area contributed by atoms with E-state index in [2.05, 4.69) is 10.3 Å². The number of para-hydroxylation sites is 2. The predicted molar refractivity (Wildman–Crippen MR) is 89.4 cm³/mol. The molecule has 1 aromatic carbocycles. The van der Waals surface area contributed by atoms with Gasteiger partial charge in [0.2, 0.25) is 5.91 Å². The van der Waals surface area contributed by atoms with Crippen molar-refractivity contribution in [3.63, 3.8) is 0 Å². The van der Waals surface area contributed by atoms with Crippen LogP contribution >= 0.6 is 0 Å². The van der Waals surface area contributed by atoms with Crippen LogP contribution in [0.2, 0.25) is 0 Å². The molecule has 1 aromatic heterocycles. The van der Waals surface area contributed by atoms with E-state index in [1.54, 1.807) is 12.5 Å². The van der Waals surface area contributed by atoms with Gasteiger partial charge in [0, 0.05) is 18.8 Å². The molecule has 0 bridgehead atoms. The molecule has 0 unspecified atom stereocenters. The SMILES string of the molecule is O=C(CC1CCCC1)Nc1ccccc1OCCn1ccnc1. The van der Waals surface area contributed by atoms with Crippen molar-refractivity contribution in [1.82, 2.24) is 9.55 Å². The van der Waals surface area contributed by atoms with E-state index in [4.69, 9.17) is 4.74 Å². The van der Waals surface area contributed by atoms with Crippen LogP contribution in [0.15, 0.2) is 43.0 Å². The van der Waals surface area contributed by atoms with E-state index in [1.807, 2.05) is 35.0 Å². The zero-order chi connectivity index (χ0) is 15.9. The second-order valence-electron chi connectivity index (χ2n) is 6.05. The third kappa shape index (κ3) is 4.58. The summed E-state index contributed by atoms with van der Waals surface area (Å²) >= 11 is 0. The van der Waals surface area contributed by atoms with Crippen molar-refractivity contribution in [2.75, 3.05) is 11.9 Å². The van der Waals surface area contributed by atoms with E-state index < -0.39 is 0 Å². The van der Waals surface area contributed by atoms with Crippen LogP contribution in [0.3, 0.4) is 0 Å². The molecule has 0 spiro atoms. The Morgan fingerprint density at radius 3 is 2.91 bits per heavy atom. The zero-order valence-electron chi connectivity index (χ0n) is 13.3. The monoisotopic (exact) mass is 313 g/mol. The molecule has 122 valence electrons. The number of rotatable bonds is 7. The van der Waals surface area contributed by atoms with Crippen LogP contribution in [0.5, 0.6) is 5.75 Å². The summed E-state index contributed by atoms with van der Waals surface area (Å²) in [4.78, 5) is 16.2. The third-order valence-corrected chi connectivity index (χ3v) is 4.28. The van der Waals surface area contributed by atoms with E-state index in [0.29, 0.717) is 24.7 Å². The minimum atomic E-state index is 0.0857. The third-order valence-electron chi connectivity index (χ3n) is 4.28. The molecular weight excluding hydrogens is 290 g/mol. The zero-order valence-corrected chi connectivity index (χ0v) is 13.3.